The molecule has 5 heteroatoms. The molecule has 3 nitrogen and oxygen atoms in total. The Morgan fingerprint density at radius 1 is 1.41 bits per heavy atom. The largest absolute Gasteiger partial charge is 0.466 e. The van der Waals surface area contributed by atoms with Crippen LogP contribution in [0, 0.1) is 0 Å². The molecule has 1 N–H and O–H groups in total. The number of carbonyl (C=O) groups is 1. The second-order valence-electron chi connectivity index (χ2n) is 3.53. The lowest BCUT2D eigenvalue weighted by atomic mass is 10.1. The Bertz CT molecular complexity index is 393. The van der Waals surface area contributed by atoms with Crippen molar-refractivity contribution in [1.82, 2.24) is 0 Å². The third-order valence-corrected chi connectivity index (χ3v) is 2.99. The number of hydrogen-bond acceptors (Lipinski definition) is 3. The van der Waals surface area contributed by atoms with Gasteiger partial charge in [-0.1, -0.05) is 29.3 Å². The maximum Gasteiger partial charge on any atom is 0.305 e. The van der Waals surface area contributed by atoms with Crippen LogP contribution in [0.15, 0.2) is 18.2 Å². The van der Waals surface area contributed by atoms with E-state index in [0.717, 1.165) is 0 Å². The van der Waals surface area contributed by atoms with E-state index in [4.69, 9.17) is 27.9 Å². The van der Waals surface area contributed by atoms with E-state index in [0.29, 0.717) is 28.6 Å². The first-order chi connectivity index (χ1) is 8.04. The number of esters is 1. The Morgan fingerprint density at radius 3 is 2.71 bits per heavy atom. The molecular formula is C12H14Cl2O3. The average molecular weight is 277 g/mol. The van der Waals surface area contributed by atoms with Crippen LogP contribution in [-0.2, 0) is 9.53 Å². The average Bonchev–Trinajstić information content (AvgIpc) is 2.30. The number of ether oxygens (including phenoxy) is 1. The standard InChI is InChI=1S/C12H14Cl2O3/c1-2-17-12(16)6-5-11(15)8-3-4-9(13)10(14)7-8/h3-4,7,11,15H,2,5-6H2,1H3/t11-/m1/s1. The molecule has 1 atom stereocenters. The predicted molar refractivity (Wildman–Crippen MR) is 67.3 cm³/mol. The van der Waals surface area contributed by atoms with Crippen molar-refractivity contribution >= 4 is 29.2 Å². The van der Waals surface area contributed by atoms with E-state index in [2.05, 4.69) is 0 Å². The van der Waals surface area contributed by atoms with Gasteiger partial charge in [-0.25, -0.2) is 0 Å². The summed E-state index contributed by atoms with van der Waals surface area (Å²) in [6.07, 6.45) is -0.263. The van der Waals surface area contributed by atoms with Crippen molar-refractivity contribution in [2.24, 2.45) is 0 Å². The third kappa shape index (κ3) is 4.54. The van der Waals surface area contributed by atoms with Gasteiger partial charge in [-0.2, -0.15) is 0 Å². The second kappa shape index (κ2) is 6.84. The Morgan fingerprint density at radius 2 is 2.12 bits per heavy atom. The van der Waals surface area contributed by atoms with E-state index < -0.39 is 6.10 Å². The van der Waals surface area contributed by atoms with E-state index in [1.807, 2.05) is 0 Å². The van der Waals surface area contributed by atoms with E-state index in [-0.39, 0.29) is 12.4 Å². The minimum atomic E-state index is -0.742. The molecule has 0 amide bonds. The molecule has 0 spiro atoms. The number of halogens is 2. The van der Waals surface area contributed by atoms with Crippen molar-refractivity contribution in [3.05, 3.63) is 33.8 Å². The van der Waals surface area contributed by atoms with Crippen LogP contribution in [0.1, 0.15) is 31.4 Å². The van der Waals surface area contributed by atoms with Gasteiger partial charge in [0.05, 0.1) is 22.8 Å². The van der Waals surface area contributed by atoms with Crippen LogP contribution in [0.4, 0.5) is 0 Å². The molecule has 0 bridgehead atoms. The second-order valence-corrected chi connectivity index (χ2v) is 4.35. The van der Waals surface area contributed by atoms with Crippen molar-refractivity contribution in [3.8, 4) is 0 Å². The fourth-order valence-electron chi connectivity index (χ4n) is 1.37. The van der Waals surface area contributed by atoms with Crippen molar-refractivity contribution in [3.63, 3.8) is 0 Å². The molecule has 17 heavy (non-hydrogen) atoms. The molecule has 94 valence electrons. The van der Waals surface area contributed by atoms with Crippen LogP contribution >= 0.6 is 23.2 Å². The summed E-state index contributed by atoms with van der Waals surface area (Å²) in [6, 6.07) is 4.90. The molecular weight excluding hydrogens is 263 g/mol. The Balaban J connectivity index is 2.54. The quantitative estimate of drug-likeness (QED) is 0.839. The lowest BCUT2D eigenvalue weighted by Gasteiger charge is -2.11. The summed E-state index contributed by atoms with van der Waals surface area (Å²) >= 11 is 11.6. The number of benzene rings is 1. The van der Waals surface area contributed by atoms with Gasteiger partial charge in [0.1, 0.15) is 0 Å². The van der Waals surface area contributed by atoms with Gasteiger partial charge in [-0.05, 0) is 31.0 Å². The number of hydrogen-bond donors (Lipinski definition) is 1. The summed E-state index contributed by atoms with van der Waals surface area (Å²) in [5, 5.41) is 10.7. The highest BCUT2D eigenvalue weighted by Crippen LogP contribution is 2.27. The zero-order valence-electron chi connectivity index (χ0n) is 9.45. The Kier molecular flexibility index (Phi) is 5.75. The van der Waals surface area contributed by atoms with Crippen molar-refractivity contribution < 1.29 is 14.6 Å². The topological polar surface area (TPSA) is 46.5 Å². The molecule has 0 aromatic heterocycles. The summed E-state index contributed by atoms with van der Waals surface area (Å²) in [6.45, 7) is 2.09. The van der Waals surface area contributed by atoms with Gasteiger partial charge >= 0.3 is 5.97 Å². The maximum absolute atomic E-state index is 11.1. The SMILES string of the molecule is CCOC(=O)CC[C@@H](O)c1ccc(Cl)c(Cl)c1. The van der Waals surface area contributed by atoms with Gasteiger partial charge in [0.15, 0.2) is 0 Å². The number of carbonyl (C=O) groups excluding carboxylic acids is 1. The number of rotatable bonds is 5. The summed E-state index contributed by atoms with van der Waals surface area (Å²) in [5.41, 5.74) is 0.642. The van der Waals surface area contributed by atoms with E-state index in [1.54, 1.807) is 25.1 Å². The van der Waals surface area contributed by atoms with Crippen LogP contribution in [0.3, 0.4) is 0 Å². The maximum atomic E-state index is 11.1. The lowest BCUT2D eigenvalue weighted by Crippen LogP contribution is -2.07. The molecule has 0 unspecified atom stereocenters. The third-order valence-electron chi connectivity index (χ3n) is 2.26. The molecule has 0 saturated heterocycles. The number of aliphatic hydroxyl groups excluding tert-OH is 1. The van der Waals surface area contributed by atoms with Crippen LogP contribution in [-0.4, -0.2) is 17.7 Å². The smallest absolute Gasteiger partial charge is 0.305 e. The monoisotopic (exact) mass is 276 g/mol. The minimum Gasteiger partial charge on any atom is -0.466 e. The molecule has 0 saturated carbocycles. The first-order valence-electron chi connectivity index (χ1n) is 5.33. The zero-order valence-corrected chi connectivity index (χ0v) is 11.0. The summed E-state index contributed by atoms with van der Waals surface area (Å²) in [7, 11) is 0. The van der Waals surface area contributed by atoms with Crippen LogP contribution in [0.2, 0.25) is 10.0 Å². The molecule has 0 aliphatic carbocycles. The van der Waals surface area contributed by atoms with E-state index in [1.165, 1.54) is 0 Å². The van der Waals surface area contributed by atoms with Gasteiger partial charge in [-0.15, -0.1) is 0 Å². The zero-order chi connectivity index (χ0) is 12.8. The first kappa shape index (κ1) is 14.3. The van der Waals surface area contributed by atoms with Crippen LogP contribution in [0.25, 0.3) is 0 Å². The number of aliphatic hydroxyl groups is 1. The predicted octanol–water partition coefficient (Wildman–Crippen LogP) is 3.37. The highest BCUT2D eigenvalue weighted by atomic mass is 35.5. The molecule has 0 radical (unpaired) electrons. The summed E-state index contributed by atoms with van der Waals surface area (Å²) in [5.74, 6) is -0.313. The fraction of sp³-hybridized carbons (Fsp3) is 0.417. The van der Waals surface area contributed by atoms with Crippen molar-refractivity contribution in [1.29, 1.82) is 0 Å². The fourth-order valence-corrected chi connectivity index (χ4v) is 1.68. The molecule has 0 fully saturated rings. The van der Waals surface area contributed by atoms with Crippen LogP contribution in [0.5, 0.6) is 0 Å². The van der Waals surface area contributed by atoms with Gasteiger partial charge in [0, 0.05) is 6.42 Å². The van der Waals surface area contributed by atoms with Gasteiger partial charge in [0.2, 0.25) is 0 Å². The Labute approximate surface area is 110 Å². The normalized spacial score (nSPS) is 12.2. The Hall–Kier alpha value is -0.770. The minimum absolute atomic E-state index is 0.176. The highest BCUT2D eigenvalue weighted by Gasteiger charge is 2.12. The first-order valence-corrected chi connectivity index (χ1v) is 6.08. The van der Waals surface area contributed by atoms with Crippen molar-refractivity contribution in [2.45, 2.75) is 25.9 Å². The van der Waals surface area contributed by atoms with E-state index in [9.17, 15) is 9.90 Å². The van der Waals surface area contributed by atoms with Crippen molar-refractivity contribution in [2.75, 3.05) is 6.61 Å². The molecule has 0 heterocycles. The highest BCUT2D eigenvalue weighted by molar-refractivity contribution is 6.42. The molecule has 0 aliphatic rings. The summed E-state index contributed by atoms with van der Waals surface area (Å²) in [4.78, 5) is 11.1. The van der Waals surface area contributed by atoms with Gasteiger partial charge in [0.25, 0.3) is 0 Å². The van der Waals surface area contributed by atoms with E-state index >= 15 is 0 Å². The molecule has 1 aromatic carbocycles. The van der Waals surface area contributed by atoms with Gasteiger partial charge in [-0.3, -0.25) is 4.79 Å². The molecule has 1 rings (SSSR count). The van der Waals surface area contributed by atoms with Gasteiger partial charge < -0.3 is 9.84 Å². The molecule has 0 aliphatic heterocycles. The van der Waals surface area contributed by atoms with Crippen LogP contribution < -0.4 is 0 Å². The molecule has 1 aromatic rings. The lowest BCUT2D eigenvalue weighted by molar-refractivity contribution is -0.143. The summed E-state index contributed by atoms with van der Waals surface area (Å²) < 4.78 is 4.77.